The van der Waals surface area contributed by atoms with Crippen molar-refractivity contribution in [3.8, 4) is 0 Å². The lowest BCUT2D eigenvalue weighted by Crippen LogP contribution is -2.36. The van der Waals surface area contributed by atoms with Gasteiger partial charge in [-0.1, -0.05) is 6.92 Å². The standard InChI is InChI=1S/C10H18N2O4/c1-7(10(15)16)4-3-5-11-9(14)6-12-8(2)13/h7H,3-6H2,1-2H3,(H,11,14)(H,12,13)(H,15,16). The second kappa shape index (κ2) is 7.67. The fourth-order valence-electron chi connectivity index (χ4n) is 1.03. The molecule has 2 amide bonds. The van der Waals surface area contributed by atoms with Gasteiger partial charge in [-0.05, 0) is 12.8 Å². The summed E-state index contributed by atoms with van der Waals surface area (Å²) in [5.74, 6) is -1.75. The molecule has 0 heterocycles. The molecule has 1 unspecified atom stereocenters. The van der Waals surface area contributed by atoms with E-state index in [1.165, 1.54) is 6.92 Å². The average Bonchev–Trinajstić information content (AvgIpc) is 2.20. The van der Waals surface area contributed by atoms with E-state index in [0.717, 1.165) is 0 Å². The maximum absolute atomic E-state index is 11.1. The van der Waals surface area contributed by atoms with Gasteiger partial charge >= 0.3 is 5.97 Å². The van der Waals surface area contributed by atoms with E-state index in [4.69, 9.17) is 5.11 Å². The zero-order chi connectivity index (χ0) is 12.6. The summed E-state index contributed by atoms with van der Waals surface area (Å²) in [5, 5.41) is 13.6. The second-order valence-corrected chi connectivity index (χ2v) is 3.64. The van der Waals surface area contributed by atoms with E-state index in [-0.39, 0.29) is 18.4 Å². The number of carboxylic acid groups (broad SMARTS) is 1. The molecule has 16 heavy (non-hydrogen) atoms. The Hall–Kier alpha value is -1.59. The highest BCUT2D eigenvalue weighted by atomic mass is 16.4. The topological polar surface area (TPSA) is 95.5 Å². The fourth-order valence-corrected chi connectivity index (χ4v) is 1.03. The zero-order valence-electron chi connectivity index (χ0n) is 9.58. The summed E-state index contributed by atoms with van der Waals surface area (Å²) in [6.07, 6.45) is 1.13. The molecule has 0 rings (SSSR count). The first-order chi connectivity index (χ1) is 7.43. The highest BCUT2D eigenvalue weighted by Crippen LogP contribution is 2.03. The lowest BCUT2D eigenvalue weighted by Gasteiger charge is -2.07. The van der Waals surface area contributed by atoms with Gasteiger partial charge in [0, 0.05) is 13.5 Å². The number of nitrogens with one attached hydrogen (secondary N) is 2. The van der Waals surface area contributed by atoms with Crippen molar-refractivity contribution in [1.29, 1.82) is 0 Å². The molecule has 0 aromatic carbocycles. The average molecular weight is 230 g/mol. The first-order valence-corrected chi connectivity index (χ1v) is 5.17. The van der Waals surface area contributed by atoms with Crippen LogP contribution in [0.15, 0.2) is 0 Å². The van der Waals surface area contributed by atoms with E-state index in [1.807, 2.05) is 0 Å². The van der Waals surface area contributed by atoms with Crippen LogP contribution in [0.5, 0.6) is 0 Å². The van der Waals surface area contributed by atoms with Crippen molar-refractivity contribution in [2.75, 3.05) is 13.1 Å². The van der Waals surface area contributed by atoms with Crippen molar-refractivity contribution in [2.24, 2.45) is 5.92 Å². The molecular formula is C10H18N2O4. The Bertz CT molecular complexity index is 266. The third kappa shape index (κ3) is 7.78. The van der Waals surface area contributed by atoms with Crippen LogP contribution in [-0.4, -0.2) is 36.0 Å². The molecule has 0 spiro atoms. The van der Waals surface area contributed by atoms with E-state index < -0.39 is 11.9 Å². The van der Waals surface area contributed by atoms with E-state index in [0.29, 0.717) is 19.4 Å². The molecule has 0 bridgehead atoms. The summed E-state index contributed by atoms with van der Waals surface area (Å²) in [6.45, 7) is 3.35. The lowest BCUT2D eigenvalue weighted by atomic mass is 10.1. The molecule has 0 aromatic heterocycles. The summed E-state index contributed by atoms with van der Waals surface area (Å²) in [5.41, 5.74) is 0. The van der Waals surface area contributed by atoms with E-state index >= 15 is 0 Å². The molecule has 0 radical (unpaired) electrons. The normalized spacial score (nSPS) is 11.6. The first-order valence-electron chi connectivity index (χ1n) is 5.17. The molecule has 6 nitrogen and oxygen atoms in total. The quantitative estimate of drug-likeness (QED) is 0.525. The lowest BCUT2D eigenvalue weighted by molar-refractivity contribution is -0.141. The number of carbonyl (C=O) groups excluding carboxylic acids is 2. The van der Waals surface area contributed by atoms with Gasteiger partial charge < -0.3 is 15.7 Å². The molecule has 92 valence electrons. The molecule has 0 aliphatic rings. The Morgan fingerprint density at radius 2 is 1.88 bits per heavy atom. The monoisotopic (exact) mass is 230 g/mol. The molecule has 0 aliphatic heterocycles. The highest BCUT2D eigenvalue weighted by molar-refractivity contribution is 5.83. The number of hydrogen-bond donors (Lipinski definition) is 3. The number of hydrogen-bond acceptors (Lipinski definition) is 3. The van der Waals surface area contributed by atoms with Gasteiger partial charge in [-0.15, -0.1) is 0 Å². The number of carbonyl (C=O) groups is 3. The van der Waals surface area contributed by atoms with Crippen LogP contribution in [0.3, 0.4) is 0 Å². The Morgan fingerprint density at radius 3 is 2.38 bits per heavy atom. The predicted molar refractivity (Wildman–Crippen MR) is 57.7 cm³/mol. The van der Waals surface area contributed by atoms with Gasteiger partial charge in [-0.3, -0.25) is 14.4 Å². The summed E-state index contributed by atoms with van der Waals surface area (Å²) in [6, 6.07) is 0. The molecule has 0 aromatic rings. The van der Waals surface area contributed by atoms with Crippen molar-refractivity contribution in [1.82, 2.24) is 10.6 Å². The Kier molecular flexibility index (Phi) is 6.91. The van der Waals surface area contributed by atoms with Crippen molar-refractivity contribution in [3.63, 3.8) is 0 Å². The molecule has 6 heteroatoms. The van der Waals surface area contributed by atoms with Crippen molar-refractivity contribution >= 4 is 17.8 Å². The molecular weight excluding hydrogens is 212 g/mol. The SMILES string of the molecule is CC(=O)NCC(=O)NCCCC(C)C(=O)O. The summed E-state index contributed by atoms with van der Waals surface area (Å²) in [4.78, 5) is 32.0. The Morgan fingerprint density at radius 1 is 1.25 bits per heavy atom. The third-order valence-corrected chi connectivity index (χ3v) is 2.06. The van der Waals surface area contributed by atoms with Gasteiger partial charge in [0.05, 0.1) is 12.5 Å². The number of rotatable bonds is 7. The minimum absolute atomic E-state index is 0.0379. The maximum Gasteiger partial charge on any atom is 0.306 e. The number of amides is 2. The second-order valence-electron chi connectivity index (χ2n) is 3.64. The number of aliphatic carboxylic acids is 1. The summed E-state index contributed by atoms with van der Waals surface area (Å²) < 4.78 is 0. The zero-order valence-corrected chi connectivity index (χ0v) is 9.58. The van der Waals surface area contributed by atoms with Crippen LogP contribution in [0.25, 0.3) is 0 Å². The van der Waals surface area contributed by atoms with Gasteiger partial charge in [0.1, 0.15) is 0 Å². The summed E-state index contributed by atoms with van der Waals surface area (Å²) in [7, 11) is 0. The van der Waals surface area contributed by atoms with Crippen LogP contribution < -0.4 is 10.6 Å². The Labute approximate surface area is 94.4 Å². The fraction of sp³-hybridized carbons (Fsp3) is 0.700. The van der Waals surface area contributed by atoms with E-state index in [2.05, 4.69) is 10.6 Å². The van der Waals surface area contributed by atoms with E-state index in [9.17, 15) is 14.4 Å². The first kappa shape index (κ1) is 14.4. The van der Waals surface area contributed by atoms with Crippen molar-refractivity contribution in [3.05, 3.63) is 0 Å². The molecule has 1 atom stereocenters. The van der Waals surface area contributed by atoms with E-state index in [1.54, 1.807) is 6.92 Å². The van der Waals surface area contributed by atoms with Crippen LogP contribution >= 0.6 is 0 Å². The van der Waals surface area contributed by atoms with Gasteiger partial charge in [0.15, 0.2) is 0 Å². The minimum atomic E-state index is -0.829. The van der Waals surface area contributed by atoms with Crippen LogP contribution in [0.1, 0.15) is 26.7 Å². The van der Waals surface area contributed by atoms with Gasteiger partial charge in [-0.25, -0.2) is 0 Å². The minimum Gasteiger partial charge on any atom is -0.481 e. The maximum atomic E-state index is 11.1. The van der Waals surface area contributed by atoms with Crippen LogP contribution in [0, 0.1) is 5.92 Å². The molecule has 0 saturated heterocycles. The molecule has 0 fully saturated rings. The third-order valence-electron chi connectivity index (χ3n) is 2.06. The van der Waals surface area contributed by atoms with Gasteiger partial charge in [0.2, 0.25) is 11.8 Å². The summed E-state index contributed by atoms with van der Waals surface area (Å²) >= 11 is 0. The van der Waals surface area contributed by atoms with Gasteiger partial charge in [0.25, 0.3) is 0 Å². The van der Waals surface area contributed by atoms with Crippen LogP contribution in [0.4, 0.5) is 0 Å². The Balaban J connectivity index is 3.48. The molecule has 0 aliphatic carbocycles. The van der Waals surface area contributed by atoms with Crippen LogP contribution in [-0.2, 0) is 14.4 Å². The van der Waals surface area contributed by atoms with Crippen molar-refractivity contribution < 1.29 is 19.5 Å². The largest absolute Gasteiger partial charge is 0.481 e. The predicted octanol–water partition coefficient (Wildman–Crippen LogP) is -0.260. The molecule has 0 saturated carbocycles. The highest BCUT2D eigenvalue weighted by Gasteiger charge is 2.09. The number of carboxylic acids is 1. The van der Waals surface area contributed by atoms with Gasteiger partial charge in [-0.2, -0.15) is 0 Å². The molecule has 3 N–H and O–H groups in total. The van der Waals surface area contributed by atoms with Crippen LogP contribution in [0.2, 0.25) is 0 Å². The smallest absolute Gasteiger partial charge is 0.306 e. The van der Waals surface area contributed by atoms with Crippen molar-refractivity contribution in [2.45, 2.75) is 26.7 Å².